The smallest absolute Gasteiger partial charge is 0.412 e. The van der Waals surface area contributed by atoms with Crippen LogP contribution in [0.15, 0.2) is 22.5 Å². The first-order valence-electron chi connectivity index (χ1n) is 2.88. The molecule has 4 nitrogen and oxygen atoms in total. The third kappa shape index (κ3) is 1.54. The monoisotopic (exact) mass is 219 g/mol. The molecule has 0 fully saturated rings. The van der Waals surface area contributed by atoms with Crippen molar-refractivity contribution in [1.82, 2.24) is 4.90 Å². The molecule has 0 aromatic rings. The van der Waals surface area contributed by atoms with Crippen molar-refractivity contribution in [3.05, 3.63) is 22.5 Å². The van der Waals surface area contributed by atoms with E-state index in [0.29, 0.717) is 0 Å². The molecule has 60 valence electrons. The van der Waals surface area contributed by atoms with Gasteiger partial charge in [0.25, 0.3) is 0 Å². The summed E-state index contributed by atoms with van der Waals surface area (Å²) >= 11 is 2.94. The lowest BCUT2D eigenvalue weighted by molar-refractivity contribution is 0.163. The van der Waals surface area contributed by atoms with Gasteiger partial charge in [0.15, 0.2) is 0 Å². The number of hydrogen-bond donors (Lipinski definition) is 2. The van der Waals surface area contributed by atoms with E-state index in [4.69, 9.17) is 10.2 Å². The van der Waals surface area contributed by atoms with E-state index >= 15 is 0 Å². The molecule has 0 spiro atoms. The molecule has 0 saturated heterocycles. The largest absolute Gasteiger partial charge is 0.505 e. The van der Waals surface area contributed by atoms with Crippen LogP contribution in [0.2, 0.25) is 0 Å². The minimum absolute atomic E-state index is 0.0707. The Morgan fingerprint density at radius 2 is 2.36 bits per heavy atom. The molecule has 0 radical (unpaired) electrons. The van der Waals surface area contributed by atoms with Gasteiger partial charge in [0.05, 0.1) is 0 Å². The molecule has 0 saturated carbocycles. The maximum Gasteiger partial charge on any atom is 0.412 e. The molecule has 0 unspecified atom stereocenters. The van der Waals surface area contributed by atoms with Crippen LogP contribution >= 0.6 is 15.9 Å². The van der Waals surface area contributed by atoms with Crippen LogP contribution in [0.25, 0.3) is 0 Å². The quantitative estimate of drug-likeness (QED) is 0.610. The molecule has 0 aliphatic carbocycles. The lowest BCUT2D eigenvalue weighted by Crippen LogP contribution is -2.29. The highest BCUT2D eigenvalue weighted by atomic mass is 79.9. The molecule has 11 heavy (non-hydrogen) atoms. The summed E-state index contributed by atoms with van der Waals surface area (Å²) in [4.78, 5) is 11.4. The fourth-order valence-electron chi connectivity index (χ4n) is 0.719. The van der Waals surface area contributed by atoms with E-state index in [2.05, 4.69) is 15.9 Å². The van der Waals surface area contributed by atoms with Crippen LogP contribution in [0.3, 0.4) is 0 Å². The zero-order valence-electron chi connectivity index (χ0n) is 5.49. The van der Waals surface area contributed by atoms with Crippen LogP contribution in [-0.2, 0) is 0 Å². The highest BCUT2D eigenvalue weighted by Gasteiger charge is 2.18. The lowest BCUT2D eigenvalue weighted by Gasteiger charge is -2.19. The minimum atomic E-state index is -1.09. The Morgan fingerprint density at radius 3 is 2.82 bits per heavy atom. The molecule has 1 aliphatic heterocycles. The summed E-state index contributed by atoms with van der Waals surface area (Å²) in [6.45, 7) is 0.264. The van der Waals surface area contributed by atoms with Gasteiger partial charge in [-0.3, -0.25) is 4.90 Å². The molecule has 2 N–H and O–H groups in total. The van der Waals surface area contributed by atoms with Crippen LogP contribution < -0.4 is 0 Å². The van der Waals surface area contributed by atoms with Gasteiger partial charge in [-0.25, -0.2) is 4.79 Å². The number of nitrogens with zero attached hydrogens (tertiary/aromatic N) is 1. The molecule has 1 aliphatic rings. The number of halogens is 1. The van der Waals surface area contributed by atoms with Crippen LogP contribution in [0.4, 0.5) is 4.79 Å². The molecule has 5 heteroatoms. The highest BCUT2D eigenvalue weighted by molar-refractivity contribution is 9.11. The zero-order valence-corrected chi connectivity index (χ0v) is 7.08. The topological polar surface area (TPSA) is 60.8 Å². The first kappa shape index (κ1) is 8.13. The average molecular weight is 220 g/mol. The van der Waals surface area contributed by atoms with E-state index in [-0.39, 0.29) is 16.9 Å². The van der Waals surface area contributed by atoms with Crippen molar-refractivity contribution in [2.75, 3.05) is 6.54 Å². The normalized spacial score (nSPS) is 17.4. The van der Waals surface area contributed by atoms with E-state index in [9.17, 15) is 4.79 Å². The lowest BCUT2D eigenvalue weighted by atomic mass is 10.3. The molecule has 0 bridgehead atoms. The van der Waals surface area contributed by atoms with Crippen molar-refractivity contribution in [2.24, 2.45) is 0 Å². The van der Waals surface area contributed by atoms with E-state index in [0.717, 1.165) is 4.90 Å². The SMILES string of the molecule is O=C(O)N1CC=CC(O)=C1Br. The molecular formula is C6H6BrNO3. The zero-order chi connectivity index (χ0) is 8.43. The van der Waals surface area contributed by atoms with Gasteiger partial charge in [-0.05, 0) is 22.0 Å². The molecule has 1 rings (SSSR count). The number of carbonyl (C=O) groups is 1. The predicted molar refractivity (Wildman–Crippen MR) is 42.5 cm³/mol. The van der Waals surface area contributed by atoms with E-state index in [1.165, 1.54) is 6.08 Å². The second-order valence-electron chi connectivity index (χ2n) is 1.97. The van der Waals surface area contributed by atoms with Crippen molar-refractivity contribution in [1.29, 1.82) is 0 Å². The average Bonchev–Trinajstić information content (AvgIpc) is 1.94. The van der Waals surface area contributed by atoms with Crippen molar-refractivity contribution in [3.63, 3.8) is 0 Å². The van der Waals surface area contributed by atoms with Crippen LogP contribution in [0.5, 0.6) is 0 Å². The standard InChI is InChI=1S/C6H6BrNO3/c7-5-4(9)2-1-3-8(5)6(10)11/h1-2,9H,3H2,(H,10,11). The summed E-state index contributed by atoms with van der Waals surface area (Å²) < 4.78 is 0.188. The number of aliphatic hydroxyl groups excluding tert-OH is 1. The number of allylic oxidation sites excluding steroid dienone is 1. The first-order chi connectivity index (χ1) is 5.13. The highest BCUT2D eigenvalue weighted by Crippen LogP contribution is 2.20. The summed E-state index contributed by atoms with van der Waals surface area (Å²) in [6, 6.07) is 0. The number of amides is 1. The Kier molecular flexibility index (Phi) is 2.19. The van der Waals surface area contributed by atoms with E-state index < -0.39 is 6.09 Å². The summed E-state index contributed by atoms with van der Waals surface area (Å²) in [6.07, 6.45) is 1.92. The Hall–Kier alpha value is -0.970. The van der Waals surface area contributed by atoms with Crippen LogP contribution in [-0.4, -0.2) is 27.8 Å². The van der Waals surface area contributed by atoms with Gasteiger partial charge in [0, 0.05) is 6.54 Å². The van der Waals surface area contributed by atoms with Gasteiger partial charge in [-0.1, -0.05) is 6.08 Å². The van der Waals surface area contributed by atoms with Gasteiger partial charge < -0.3 is 10.2 Å². The second kappa shape index (κ2) is 2.96. The van der Waals surface area contributed by atoms with Gasteiger partial charge in [0.1, 0.15) is 10.4 Å². The fourth-order valence-corrected chi connectivity index (χ4v) is 1.15. The molecule has 0 atom stereocenters. The van der Waals surface area contributed by atoms with Crippen molar-refractivity contribution >= 4 is 22.0 Å². The second-order valence-corrected chi connectivity index (χ2v) is 2.72. The Labute approximate surface area is 71.6 Å². The number of carboxylic acid groups (broad SMARTS) is 1. The maximum atomic E-state index is 10.4. The van der Waals surface area contributed by atoms with Gasteiger partial charge >= 0.3 is 6.09 Å². The van der Waals surface area contributed by atoms with E-state index in [1.54, 1.807) is 6.08 Å². The van der Waals surface area contributed by atoms with Gasteiger partial charge in [-0.2, -0.15) is 0 Å². The number of aliphatic hydroxyl groups is 1. The third-order valence-electron chi connectivity index (χ3n) is 1.24. The molecular weight excluding hydrogens is 214 g/mol. The number of hydrogen-bond acceptors (Lipinski definition) is 2. The maximum absolute atomic E-state index is 10.4. The first-order valence-corrected chi connectivity index (χ1v) is 3.68. The predicted octanol–water partition coefficient (Wildman–Crippen LogP) is 1.66. The minimum Gasteiger partial charge on any atom is -0.505 e. The third-order valence-corrected chi connectivity index (χ3v) is 2.08. The summed E-state index contributed by atoms with van der Waals surface area (Å²) in [7, 11) is 0. The van der Waals surface area contributed by atoms with E-state index in [1.807, 2.05) is 0 Å². The van der Waals surface area contributed by atoms with Crippen LogP contribution in [0, 0.1) is 0 Å². The molecule has 0 aromatic carbocycles. The fraction of sp³-hybridized carbons (Fsp3) is 0.167. The number of rotatable bonds is 0. The van der Waals surface area contributed by atoms with Crippen LogP contribution in [0.1, 0.15) is 0 Å². The Balaban J connectivity index is 2.89. The Morgan fingerprint density at radius 1 is 1.73 bits per heavy atom. The van der Waals surface area contributed by atoms with Crippen molar-refractivity contribution in [2.45, 2.75) is 0 Å². The van der Waals surface area contributed by atoms with Crippen molar-refractivity contribution < 1.29 is 15.0 Å². The summed E-state index contributed by atoms with van der Waals surface area (Å²) in [5.41, 5.74) is 0. The van der Waals surface area contributed by atoms with Gasteiger partial charge in [-0.15, -0.1) is 0 Å². The molecule has 1 amide bonds. The van der Waals surface area contributed by atoms with Crippen molar-refractivity contribution in [3.8, 4) is 0 Å². The summed E-state index contributed by atoms with van der Waals surface area (Å²) in [5.74, 6) is -0.0707. The summed E-state index contributed by atoms with van der Waals surface area (Å²) in [5, 5.41) is 17.6. The van der Waals surface area contributed by atoms with Gasteiger partial charge in [0.2, 0.25) is 0 Å². The molecule has 1 heterocycles. The molecule has 0 aromatic heterocycles. The Bertz CT molecular complexity index is 246.